The molecule has 9 heteroatoms. The lowest BCUT2D eigenvalue weighted by Crippen LogP contribution is -2.41. The van der Waals surface area contributed by atoms with Gasteiger partial charge in [0.1, 0.15) is 0 Å². The number of nitrogens with zero attached hydrogens (tertiary/aromatic N) is 3. The van der Waals surface area contributed by atoms with Gasteiger partial charge in [0.25, 0.3) is 5.91 Å². The first kappa shape index (κ1) is 24.6. The van der Waals surface area contributed by atoms with Gasteiger partial charge in [-0.2, -0.15) is 18.4 Å². The zero-order valence-corrected chi connectivity index (χ0v) is 19.4. The second-order valence-electron chi connectivity index (χ2n) is 9.12. The first-order valence-corrected chi connectivity index (χ1v) is 11.6. The maximum atomic E-state index is 13.4. The number of alkyl halides is 3. The van der Waals surface area contributed by atoms with Crippen LogP contribution >= 0.6 is 0 Å². The summed E-state index contributed by atoms with van der Waals surface area (Å²) in [7, 11) is 1.59. The maximum Gasteiger partial charge on any atom is 0.417 e. The molecule has 6 nitrogen and oxygen atoms in total. The van der Waals surface area contributed by atoms with Gasteiger partial charge in [-0.1, -0.05) is 18.2 Å². The summed E-state index contributed by atoms with van der Waals surface area (Å²) < 4.78 is 40.2. The third kappa shape index (κ3) is 5.11. The average Bonchev–Trinajstić information content (AvgIpc) is 3.33. The summed E-state index contributed by atoms with van der Waals surface area (Å²) in [5.41, 5.74) is -0.298. The molecule has 0 bridgehead atoms. The highest BCUT2D eigenvalue weighted by atomic mass is 19.4. The summed E-state index contributed by atoms with van der Waals surface area (Å²) in [5, 5.41) is 11.8. The number of rotatable bonds is 4. The van der Waals surface area contributed by atoms with Crippen molar-refractivity contribution < 1.29 is 22.8 Å². The van der Waals surface area contributed by atoms with Crippen LogP contribution < -0.4 is 10.2 Å². The molecular weight excluding hydrogens is 457 g/mol. The number of carbonyl (C=O) groups is 2. The highest BCUT2D eigenvalue weighted by Crippen LogP contribution is 2.39. The number of hydrogen-bond donors (Lipinski definition) is 1. The lowest BCUT2D eigenvalue weighted by atomic mass is 9.78. The number of nitrogens with one attached hydrogen (secondary N) is 1. The van der Waals surface area contributed by atoms with Crippen molar-refractivity contribution in [3.8, 4) is 6.07 Å². The van der Waals surface area contributed by atoms with Crippen molar-refractivity contribution in [3.63, 3.8) is 0 Å². The minimum absolute atomic E-state index is 0.0172. The molecule has 2 aliphatic heterocycles. The van der Waals surface area contributed by atoms with Crippen molar-refractivity contribution in [1.29, 1.82) is 5.26 Å². The first-order chi connectivity index (χ1) is 16.7. The van der Waals surface area contributed by atoms with Crippen LogP contribution in [0.4, 0.5) is 18.9 Å². The Morgan fingerprint density at radius 1 is 1.06 bits per heavy atom. The molecule has 0 radical (unpaired) electrons. The van der Waals surface area contributed by atoms with E-state index in [4.69, 9.17) is 5.26 Å². The molecule has 2 aromatic rings. The van der Waals surface area contributed by atoms with Gasteiger partial charge in [-0.3, -0.25) is 9.59 Å². The molecule has 184 valence electrons. The second kappa shape index (κ2) is 9.98. The van der Waals surface area contributed by atoms with Crippen LogP contribution in [0.15, 0.2) is 48.5 Å². The van der Waals surface area contributed by atoms with Crippen molar-refractivity contribution in [2.45, 2.75) is 19.0 Å². The van der Waals surface area contributed by atoms with Crippen molar-refractivity contribution in [1.82, 2.24) is 10.2 Å². The summed E-state index contributed by atoms with van der Waals surface area (Å²) in [5.74, 6) is -0.366. The fraction of sp³-hybridized carbons (Fsp3) is 0.423. The van der Waals surface area contributed by atoms with Gasteiger partial charge < -0.3 is 15.1 Å². The van der Waals surface area contributed by atoms with Crippen LogP contribution in [-0.2, 0) is 11.0 Å². The molecule has 2 amide bonds. The van der Waals surface area contributed by atoms with E-state index in [9.17, 15) is 22.8 Å². The number of carbonyl (C=O) groups excluding carboxylic acids is 2. The summed E-state index contributed by atoms with van der Waals surface area (Å²) in [6, 6.07) is 14.4. The number of amides is 2. The number of anilines is 1. The fourth-order valence-corrected chi connectivity index (χ4v) is 5.35. The normalized spacial score (nSPS) is 21.0. The standard InChI is InChI=1S/C26H27F3N4O2/c1-31-24(34)22-16-33(25(35)18-5-3-2-4-6-18)15-21(22)17-9-11-32(12-10-17)20-8-7-19(14-30)23(13-20)26(27,28)29/h2-8,13,17,21-22H,9-12,15-16H2,1H3,(H,31,34)/t21-,22+/m0/s1. The van der Waals surface area contributed by atoms with E-state index in [-0.39, 0.29) is 29.6 Å². The predicted molar refractivity (Wildman–Crippen MR) is 124 cm³/mol. The molecule has 0 aliphatic carbocycles. The van der Waals surface area contributed by atoms with Crippen LogP contribution in [0, 0.1) is 29.1 Å². The van der Waals surface area contributed by atoms with E-state index in [0.29, 0.717) is 50.3 Å². The summed E-state index contributed by atoms with van der Waals surface area (Å²) in [4.78, 5) is 29.3. The molecule has 2 saturated heterocycles. The quantitative estimate of drug-likeness (QED) is 0.714. The van der Waals surface area contributed by atoms with Gasteiger partial charge in [-0.25, -0.2) is 0 Å². The van der Waals surface area contributed by atoms with Gasteiger partial charge in [0, 0.05) is 44.5 Å². The highest BCUT2D eigenvalue weighted by Gasteiger charge is 2.44. The van der Waals surface area contributed by atoms with Crippen molar-refractivity contribution >= 4 is 17.5 Å². The summed E-state index contributed by atoms with van der Waals surface area (Å²) in [6.45, 7) is 1.91. The minimum Gasteiger partial charge on any atom is -0.372 e. The van der Waals surface area contributed by atoms with Crippen LogP contribution in [0.1, 0.15) is 34.3 Å². The molecule has 0 aromatic heterocycles. The number of benzene rings is 2. The van der Waals surface area contributed by atoms with Crippen LogP contribution in [0.5, 0.6) is 0 Å². The van der Waals surface area contributed by atoms with E-state index in [1.54, 1.807) is 48.3 Å². The van der Waals surface area contributed by atoms with Crippen LogP contribution in [0.25, 0.3) is 0 Å². The van der Waals surface area contributed by atoms with E-state index < -0.39 is 17.3 Å². The average molecular weight is 485 g/mol. The number of piperidine rings is 1. The molecule has 2 atom stereocenters. The Bertz CT molecular complexity index is 1120. The Hall–Kier alpha value is -3.54. The second-order valence-corrected chi connectivity index (χ2v) is 9.12. The van der Waals surface area contributed by atoms with Gasteiger partial charge in [-0.05, 0) is 55.0 Å². The lowest BCUT2D eigenvalue weighted by Gasteiger charge is -2.37. The number of halogens is 3. The zero-order chi connectivity index (χ0) is 25.2. The molecule has 2 heterocycles. The highest BCUT2D eigenvalue weighted by molar-refractivity contribution is 5.95. The van der Waals surface area contributed by atoms with Gasteiger partial charge in [-0.15, -0.1) is 0 Å². The molecule has 4 rings (SSSR count). The fourth-order valence-electron chi connectivity index (χ4n) is 5.35. The Kier molecular flexibility index (Phi) is 7.01. The molecule has 0 spiro atoms. The lowest BCUT2D eigenvalue weighted by molar-refractivity contribution is -0.137. The van der Waals surface area contributed by atoms with Gasteiger partial charge in [0.05, 0.1) is 23.1 Å². The zero-order valence-electron chi connectivity index (χ0n) is 19.4. The third-order valence-electron chi connectivity index (χ3n) is 7.20. The predicted octanol–water partition coefficient (Wildman–Crippen LogP) is 3.93. The summed E-state index contributed by atoms with van der Waals surface area (Å²) >= 11 is 0. The first-order valence-electron chi connectivity index (χ1n) is 11.6. The third-order valence-corrected chi connectivity index (χ3v) is 7.20. The number of nitriles is 1. The Balaban J connectivity index is 1.47. The molecule has 0 saturated carbocycles. The van der Waals surface area contributed by atoms with Crippen LogP contribution in [0.2, 0.25) is 0 Å². The smallest absolute Gasteiger partial charge is 0.372 e. The number of hydrogen-bond acceptors (Lipinski definition) is 4. The van der Waals surface area contributed by atoms with Gasteiger partial charge >= 0.3 is 6.18 Å². The topological polar surface area (TPSA) is 76.4 Å². The van der Waals surface area contributed by atoms with Gasteiger partial charge in [0.15, 0.2) is 0 Å². The molecule has 35 heavy (non-hydrogen) atoms. The van der Waals surface area contributed by atoms with E-state index in [1.807, 2.05) is 11.0 Å². The molecule has 1 N–H and O–H groups in total. The Morgan fingerprint density at radius 3 is 2.34 bits per heavy atom. The molecule has 0 unspecified atom stereocenters. The van der Waals surface area contributed by atoms with E-state index in [1.165, 1.54) is 6.07 Å². The molecule has 2 aliphatic rings. The van der Waals surface area contributed by atoms with Crippen molar-refractivity contribution in [3.05, 3.63) is 65.2 Å². The number of likely N-dealkylation sites (tertiary alicyclic amines) is 1. The van der Waals surface area contributed by atoms with E-state index in [2.05, 4.69) is 5.32 Å². The Morgan fingerprint density at radius 2 is 1.74 bits per heavy atom. The monoisotopic (exact) mass is 484 g/mol. The largest absolute Gasteiger partial charge is 0.417 e. The van der Waals surface area contributed by atoms with Gasteiger partial charge in [0.2, 0.25) is 5.91 Å². The molecule has 2 fully saturated rings. The SMILES string of the molecule is CNC(=O)[C@@H]1CN(C(=O)c2ccccc2)C[C@H]1C1CCN(c2ccc(C#N)c(C(F)(F)F)c2)CC1. The van der Waals surface area contributed by atoms with Crippen molar-refractivity contribution in [2.75, 3.05) is 38.1 Å². The Labute approximate surface area is 202 Å². The van der Waals surface area contributed by atoms with E-state index >= 15 is 0 Å². The maximum absolute atomic E-state index is 13.4. The van der Waals surface area contributed by atoms with E-state index in [0.717, 1.165) is 6.07 Å². The molecular formula is C26H27F3N4O2. The van der Waals surface area contributed by atoms with Crippen LogP contribution in [-0.4, -0.2) is 49.9 Å². The minimum atomic E-state index is -4.60. The van der Waals surface area contributed by atoms with Crippen LogP contribution in [0.3, 0.4) is 0 Å². The molecule has 2 aromatic carbocycles. The van der Waals surface area contributed by atoms with Crippen molar-refractivity contribution in [2.24, 2.45) is 17.8 Å². The summed E-state index contributed by atoms with van der Waals surface area (Å²) in [6.07, 6.45) is -3.20.